The maximum atomic E-state index is 13.0. The van der Waals surface area contributed by atoms with E-state index in [0.29, 0.717) is 28.2 Å². The molecule has 0 saturated carbocycles. The highest BCUT2D eigenvalue weighted by molar-refractivity contribution is 5.89. The normalized spacial score (nSPS) is 14.7. The zero-order valence-electron chi connectivity index (χ0n) is 19.4. The highest BCUT2D eigenvalue weighted by atomic mass is 19.4. The van der Waals surface area contributed by atoms with Crippen LogP contribution in [-0.2, 0) is 10.9 Å². The van der Waals surface area contributed by atoms with Crippen molar-refractivity contribution in [3.63, 3.8) is 0 Å². The van der Waals surface area contributed by atoms with Crippen molar-refractivity contribution in [2.24, 2.45) is 0 Å². The van der Waals surface area contributed by atoms with Crippen LogP contribution in [-0.4, -0.2) is 47.2 Å². The molecule has 0 aliphatic carbocycles. The fourth-order valence-electron chi connectivity index (χ4n) is 4.24. The Bertz CT molecular complexity index is 1380. The molecule has 2 aromatic carbocycles. The quantitative estimate of drug-likeness (QED) is 0.369. The predicted octanol–water partition coefficient (Wildman–Crippen LogP) is 5.48. The third-order valence-corrected chi connectivity index (χ3v) is 6.16. The smallest absolute Gasteiger partial charge is 0.416 e. The Labute approximate surface area is 204 Å². The van der Waals surface area contributed by atoms with Gasteiger partial charge in [-0.25, -0.2) is 14.8 Å². The Morgan fingerprint density at radius 3 is 2.58 bits per heavy atom. The standard InChI is InChI=1S/C26H23F3N4O3/c1-35-25(34)16-3-2-4-20(13-16)36-19-9-11-33(12-10-19)23-8-5-17(15-30-23)24-31-21-7-6-18(26(27,28)29)14-22(21)32-24/h2-8,13-15,19H,9-12H2,1H3,(H,31,32). The number of H-pyrrole nitrogens is 1. The van der Waals surface area contributed by atoms with Crippen LogP contribution in [0.2, 0.25) is 0 Å². The Morgan fingerprint density at radius 1 is 1.08 bits per heavy atom. The number of nitrogens with zero attached hydrogens (tertiary/aromatic N) is 3. The summed E-state index contributed by atoms with van der Waals surface area (Å²) in [7, 11) is 1.34. The van der Waals surface area contributed by atoms with E-state index in [4.69, 9.17) is 9.47 Å². The molecule has 0 amide bonds. The minimum atomic E-state index is -4.41. The summed E-state index contributed by atoms with van der Waals surface area (Å²) in [6.45, 7) is 1.50. The summed E-state index contributed by atoms with van der Waals surface area (Å²) < 4.78 is 49.8. The number of carbonyl (C=O) groups is 1. The molecule has 0 spiro atoms. The lowest BCUT2D eigenvalue weighted by Crippen LogP contribution is -2.38. The van der Waals surface area contributed by atoms with Gasteiger partial charge in [-0.2, -0.15) is 13.2 Å². The number of benzene rings is 2. The fourth-order valence-corrected chi connectivity index (χ4v) is 4.24. The van der Waals surface area contributed by atoms with Gasteiger partial charge in [-0.3, -0.25) is 0 Å². The third-order valence-electron chi connectivity index (χ3n) is 6.16. The molecule has 186 valence electrons. The maximum absolute atomic E-state index is 13.0. The van der Waals surface area contributed by atoms with E-state index in [-0.39, 0.29) is 11.6 Å². The van der Waals surface area contributed by atoms with E-state index in [1.165, 1.54) is 13.2 Å². The number of esters is 1. The van der Waals surface area contributed by atoms with Crippen molar-refractivity contribution < 1.29 is 27.4 Å². The Balaban J connectivity index is 1.22. The molecule has 1 aliphatic rings. The first-order chi connectivity index (χ1) is 17.3. The fraction of sp³-hybridized carbons (Fsp3) is 0.269. The molecule has 1 fully saturated rings. The number of ether oxygens (including phenoxy) is 2. The monoisotopic (exact) mass is 496 g/mol. The van der Waals surface area contributed by atoms with Gasteiger partial charge in [-0.05, 0) is 48.5 Å². The van der Waals surface area contributed by atoms with Crippen molar-refractivity contribution in [3.05, 3.63) is 71.9 Å². The van der Waals surface area contributed by atoms with E-state index >= 15 is 0 Å². The maximum Gasteiger partial charge on any atom is 0.416 e. The van der Waals surface area contributed by atoms with Gasteiger partial charge in [0.25, 0.3) is 0 Å². The summed E-state index contributed by atoms with van der Waals surface area (Å²) in [5, 5.41) is 0. The molecule has 0 radical (unpaired) electrons. The molecule has 1 saturated heterocycles. The number of fused-ring (bicyclic) bond motifs is 1. The van der Waals surface area contributed by atoms with Crippen molar-refractivity contribution in [2.75, 3.05) is 25.1 Å². The molecule has 5 rings (SSSR count). The highest BCUT2D eigenvalue weighted by Gasteiger charge is 2.31. The number of rotatable bonds is 5. The number of halogens is 3. The number of hydrogen-bond donors (Lipinski definition) is 1. The minimum absolute atomic E-state index is 0.0190. The van der Waals surface area contributed by atoms with E-state index in [1.807, 2.05) is 18.2 Å². The molecule has 36 heavy (non-hydrogen) atoms. The number of methoxy groups -OCH3 is 1. The van der Waals surface area contributed by atoms with Crippen LogP contribution < -0.4 is 9.64 Å². The summed E-state index contributed by atoms with van der Waals surface area (Å²) in [5.41, 5.74) is 1.18. The summed E-state index contributed by atoms with van der Waals surface area (Å²) in [5.74, 6) is 1.50. The summed E-state index contributed by atoms with van der Waals surface area (Å²) >= 11 is 0. The van der Waals surface area contributed by atoms with Crippen LogP contribution in [0.25, 0.3) is 22.4 Å². The minimum Gasteiger partial charge on any atom is -0.490 e. The first-order valence-electron chi connectivity index (χ1n) is 11.4. The van der Waals surface area contributed by atoms with Crippen molar-refractivity contribution in [3.8, 4) is 17.1 Å². The number of hydrogen-bond acceptors (Lipinski definition) is 6. The SMILES string of the molecule is COC(=O)c1cccc(OC2CCN(c3ccc(-c4nc5cc(C(F)(F)F)ccc5[nH]4)cn3)CC2)c1. The number of nitrogens with one attached hydrogen (secondary N) is 1. The molecule has 0 bridgehead atoms. The molecule has 10 heteroatoms. The molecule has 3 heterocycles. The van der Waals surface area contributed by atoms with Gasteiger partial charge in [0.15, 0.2) is 0 Å². The topological polar surface area (TPSA) is 80.3 Å². The first kappa shape index (κ1) is 23.7. The van der Waals surface area contributed by atoms with E-state index in [9.17, 15) is 18.0 Å². The van der Waals surface area contributed by atoms with Gasteiger partial charge in [0.2, 0.25) is 0 Å². The van der Waals surface area contributed by atoms with Gasteiger partial charge < -0.3 is 19.4 Å². The third kappa shape index (κ3) is 4.98. The van der Waals surface area contributed by atoms with Gasteiger partial charge in [-0.1, -0.05) is 6.07 Å². The molecule has 0 atom stereocenters. The molecular formula is C26H23F3N4O3. The van der Waals surface area contributed by atoms with Crippen LogP contribution in [0.4, 0.5) is 19.0 Å². The van der Waals surface area contributed by atoms with E-state index in [2.05, 4.69) is 19.9 Å². The van der Waals surface area contributed by atoms with Crippen molar-refractivity contribution in [1.29, 1.82) is 0 Å². The molecule has 1 N–H and O–H groups in total. The number of aromatic amines is 1. The number of anilines is 1. The Hall–Kier alpha value is -4.08. The second kappa shape index (κ2) is 9.52. The van der Waals surface area contributed by atoms with Gasteiger partial charge in [0, 0.05) is 37.7 Å². The average molecular weight is 496 g/mol. The number of alkyl halides is 3. The van der Waals surface area contributed by atoms with Gasteiger partial charge >= 0.3 is 12.1 Å². The van der Waals surface area contributed by atoms with Crippen molar-refractivity contribution >= 4 is 22.8 Å². The van der Waals surface area contributed by atoms with Crippen LogP contribution in [0.1, 0.15) is 28.8 Å². The van der Waals surface area contributed by atoms with Gasteiger partial charge in [0.1, 0.15) is 23.5 Å². The van der Waals surface area contributed by atoms with E-state index in [0.717, 1.165) is 43.9 Å². The van der Waals surface area contributed by atoms with Crippen LogP contribution >= 0.6 is 0 Å². The Morgan fingerprint density at radius 2 is 1.89 bits per heavy atom. The average Bonchev–Trinajstić information content (AvgIpc) is 3.32. The molecule has 2 aromatic heterocycles. The van der Waals surface area contributed by atoms with Crippen LogP contribution in [0, 0.1) is 0 Å². The second-order valence-corrected chi connectivity index (χ2v) is 8.54. The van der Waals surface area contributed by atoms with Crippen LogP contribution in [0.15, 0.2) is 60.8 Å². The summed E-state index contributed by atoms with van der Waals surface area (Å²) in [4.78, 5) is 25.8. The van der Waals surface area contributed by atoms with Crippen molar-refractivity contribution in [1.82, 2.24) is 15.0 Å². The van der Waals surface area contributed by atoms with Crippen LogP contribution in [0.5, 0.6) is 5.75 Å². The lowest BCUT2D eigenvalue weighted by atomic mass is 10.1. The lowest BCUT2D eigenvalue weighted by Gasteiger charge is -2.33. The first-order valence-corrected chi connectivity index (χ1v) is 11.4. The molecular weight excluding hydrogens is 473 g/mol. The lowest BCUT2D eigenvalue weighted by molar-refractivity contribution is -0.137. The molecule has 7 nitrogen and oxygen atoms in total. The van der Waals surface area contributed by atoms with Crippen molar-refractivity contribution in [2.45, 2.75) is 25.1 Å². The largest absolute Gasteiger partial charge is 0.490 e. The van der Waals surface area contributed by atoms with E-state index < -0.39 is 17.7 Å². The number of imidazole rings is 1. The number of piperidine rings is 1. The zero-order chi connectivity index (χ0) is 25.3. The Kier molecular flexibility index (Phi) is 6.26. The highest BCUT2D eigenvalue weighted by Crippen LogP contribution is 2.32. The molecule has 4 aromatic rings. The number of carbonyl (C=O) groups excluding carboxylic acids is 1. The number of aromatic nitrogens is 3. The van der Waals surface area contributed by atoms with Gasteiger partial charge in [0.05, 0.1) is 29.3 Å². The van der Waals surface area contributed by atoms with Gasteiger partial charge in [-0.15, -0.1) is 0 Å². The number of pyridine rings is 1. The predicted molar refractivity (Wildman–Crippen MR) is 128 cm³/mol. The molecule has 0 unspecified atom stereocenters. The molecule has 1 aliphatic heterocycles. The zero-order valence-corrected chi connectivity index (χ0v) is 19.4. The summed E-state index contributed by atoms with van der Waals surface area (Å²) in [6, 6.07) is 14.1. The van der Waals surface area contributed by atoms with E-state index in [1.54, 1.807) is 24.4 Å². The second-order valence-electron chi connectivity index (χ2n) is 8.54. The van der Waals surface area contributed by atoms with Crippen LogP contribution in [0.3, 0.4) is 0 Å². The summed E-state index contributed by atoms with van der Waals surface area (Å²) in [6.07, 6.45) is -1.15.